The molecule has 0 saturated heterocycles. The smallest absolute Gasteiger partial charge is 0.462 e. The number of esters is 2. The minimum Gasteiger partial charge on any atom is -0.462 e. The van der Waals surface area contributed by atoms with E-state index < -0.39 is 26.5 Å². The van der Waals surface area contributed by atoms with Crippen LogP contribution in [0.3, 0.4) is 0 Å². The van der Waals surface area contributed by atoms with Gasteiger partial charge in [-0.1, -0.05) is 269 Å². The summed E-state index contributed by atoms with van der Waals surface area (Å²) in [7, 11) is -4.38. The second kappa shape index (κ2) is 54.8. The van der Waals surface area contributed by atoms with Gasteiger partial charge in [0.1, 0.15) is 6.61 Å². The van der Waals surface area contributed by atoms with Gasteiger partial charge in [-0.25, -0.2) is 4.57 Å². The van der Waals surface area contributed by atoms with Gasteiger partial charge in [0.15, 0.2) is 6.10 Å². The standard InChI is InChI=1S/C58H112NO8P/c1-3-5-7-9-11-13-15-17-19-21-23-25-26-27-28-29-31-32-34-36-38-40-42-44-46-48-50-57(60)64-54-56(55-66-68(62,63)65-53-52-59)67-58(61)51-49-47-45-43-41-39-37-35-33-30-24-22-20-18-16-14-12-10-8-6-4-2/h16,18,22,24,56H,3-15,17,19-21,23,25-55,59H2,1-2H3,(H,62,63)/b18-16-,24-22-. The summed E-state index contributed by atoms with van der Waals surface area (Å²) in [6, 6.07) is 0. The highest BCUT2D eigenvalue weighted by atomic mass is 31.2. The number of hydrogen-bond acceptors (Lipinski definition) is 8. The Kier molecular flexibility index (Phi) is 53.6. The van der Waals surface area contributed by atoms with Crippen LogP contribution in [0, 0.1) is 0 Å². The minimum atomic E-state index is -4.38. The van der Waals surface area contributed by atoms with Crippen molar-refractivity contribution in [2.24, 2.45) is 5.73 Å². The summed E-state index contributed by atoms with van der Waals surface area (Å²) in [6.07, 6.45) is 63.8. The first kappa shape index (κ1) is 66.5. The minimum absolute atomic E-state index is 0.0548. The monoisotopic (exact) mass is 982 g/mol. The molecule has 0 amide bonds. The fourth-order valence-electron chi connectivity index (χ4n) is 8.73. The molecule has 0 rings (SSSR count). The molecule has 0 bridgehead atoms. The van der Waals surface area contributed by atoms with Crippen molar-refractivity contribution in [2.75, 3.05) is 26.4 Å². The first-order valence-corrected chi connectivity index (χ1v) is 30.8. The van der Waals surface area contributed by atoms with Crippen LogP contribution in [0.5, 0.6) is 0 Å². The lowest BCUT2D eigenvalue weighted by Crippen LogP contribution is -2.29. The number of carbonyl (C=O) groups excluding carboxylic acids is 2. The predicted molar refractivity (Wildman–Crippen MR) is 289 cm³/mol. The third kappa shape index (κ3) is 53.8. The van der Waals surface area contributed by atoms with E-state index in [0.717, 1.165) is 51.4 Å². The van der Waals surface area contributed by atoms with E-state index in [-0.39, 0.29) is 38.6 Å². The molecule has 0 aromatic rings. The summed E-state index contributed by atoms with van der Waals surface area (Å²) < 4.78 is 33.0. The highest BCUT2D eigenvalue weighted by Gasteiger charge is 2.26. The maximum Gasteiger partial charge on any atom is 0.472 e. The molecular weight excluding hydrogens is 870 g/mol. The number of nitrogens with two attached hydrogens (primary N) is 1. The molecule has 0 aliphatic rings. The van der Waals surface area contributed by atoms with Gasteiger partial charge in [-0.2, -0.15) is 0 Å². The second-order valence-electron chi connectivity index (χ2n) is 19.9. The average Bonchev–Trinajstić information content (AvgIpc) is 3.33. The zero-order valence-electron chi connectivity index (χ0n) is 44.9. The Morgan fingerprint density at radius 3 is 1.12 bits per heavy atom. The van der Waals surface area contributed by atoms with E-state index in [4.69, 9.17) is 24.3 Å². The molecule has 0 aliphatic heterocycles. The van der Waals surface area contributed by atoms with Crippen LogP contribution >= 0.6 is 7.82 Å². The Bertz CT molecular complexity index is 1170. The first-order valence-electron chi connectivity index (χ1n) is 29.3. The number of hydrogen-bond donors (Lipinski definition) is 2. The molecule has 402 valence electrons. The molecule has 0 spiro atoms. The zero-order valence-corrected chi connectivity index (χ0v) is 45.8. The fourth-order valence-corrected chi connectivity index (χ4v) is 9.49. The molecule has 68 heavy (non-hydrogen) atoms. The van der Waals surface area contributed by atoms with E-state index in [9.17, 15) is 19.0 Å². The highest BCUT2D eigenvalue weighted by Crippen LogP contribution is 2.43. The van der Waals surface area contributed by atoms with Crippen molar-refractivity contribution >= 4 is 19.8 Å². The van der Waals surface area contributed by atoms with Crippen molar-refractivity contribution in [1.82, 2.24) is 0 Å². The fraction of sp³-hybridized carbons (Fsp3) is 0.897. The molecule has 2 unspecified atom stereocenters. The number of phosphoric acid groups is 1. The van der Waals surface area contributed by atoms with E-state index in [2.05, 4.69) is 38.2 Å². The Morgan fingerprint density at radius 1 is 0.441 bits per heavy atom. The maximum atomic E-state index is 12.7. The lowest BCUT2D eigenvalue weighted by atomic mass is 10.0. The summed E-state index contributed by atoms with van der Waals surface area (Å²) in [5.41, 5.74) is 5.38. The third-order valence-electron chi connectivity index (χ3n) is 13.1. The Morgan fingerprint density at radius 2 is 0.765 bits per heavy atom. The topological polar surface area (TPSA) is 134 Å². The summed E-state index contributed by atoms with van der Waals surface area (Å²) >= 11 is 0. The summed E-state index contributed by atoms with van der Waals surface area (Å²) in [6.45, 7) is 3.79. The van der Waals surface area contributed by atoms with Crippen LogP contribution in [-0.2, 0) is 32.7 Å². The molecular formula is C58H112NO8P. The number of rotatable bonds is 56. The van der Waals surface area contributed by atoms with Crippen LogP contribution in [0.2, 0.25) is 0 Å². The highest BCUT2D eigenvalue weighted by molar-refractivity contribution is 7.47. The number of ether oxygens (including phenoxy) is 2. The quantitative estimate of drug-likeness (QED) is 0.0264. The molecule has 9 nitrogen and oxygen atoms in total. The lowest BCUT2D eigenvalue weighted by Gasteiger charge is -2.19. The van der Waals surface area contributed by atoms with Gasteiger partial charge < -0.3 is 20.1 Å². The normalized spacial score (nSPS) is 13.2. The van der Waals surface area contributed by atoms with Crippen molar-refractivity contribution in [2.45, 2.75) is 309 Å². The van der Waals surface area contributed by atoms with Gasteiger partial charge in [0, 0.05) is 19.4 Å². The summed E-state index contributed by atoms with van der Waals surface area (Å²) in [5.74, 6) is -0.815. The van der Waals surface area contributed by atoms with Crippen molar-refractivity contribution in [3.05, 3.63) is 24.3 Å². The molecule has 3 N–H and O–H groups in total. The third-order valence-corrected chi connectivity index (χ3v) is 14.1. The van der Waals surface area contributed by atoms with Gasteiger partial charge in [-0.05, 0) is 44.9 Å². The summed E-state index contributed by atoms with van der Waals surface area (Å²) in [5, 5.41) is 0. The predicted octanol–water partition coefficient (Wildman–Crippen LogP) is 18.2. The molecule has 0 fully saturated rings. The lowest BCUT2D eigenvalue weighted by molar-refractivity contribution is -0.161. The molecule has 10 heteroatoms. The van der Waals surface area contributed by atoms with E-state index >= 15 is 0 Å². The Balaban J connectivity index is 3.92. The van der Waals surface area contributed by atoms with Gasteiger partial charge in [0.2, 0.25) is 0 Å². The number of carbonyl (C=O) groups is 2. The summed E-state index contributed by atoms with van der Waals surface area (Å²) in [4.78, 5) is 35.2. The van der Waals surface area contributed by atoms with Gasteiger partial charge >= 0.3 is 19.8 Å². The number of unbranched alkanes of at least 4 members (excludes halogenated alkanes) is 39. The van der Waals surface area contributed by atoms with Crippen LogP contribution in [0.4, 0.5) is 0 Å². The molecule has 2 atom stereocenters. The Hall–Kier alpha value is -1.51. The van der Waals surface area contributed by atoms with Gasteiger partial charge in [0.25, 0.3) is 0 Å². The zero-order chi connectivity index (χ0) is 49.5. The van der Waals surface area contributed by atoms with E-state index in [0.29, 0.717) is 6.42 Å². The molecule has 0 aromatic carbocycles. The van der Waals surface area contributed by atoms with Gasteiger partial charge in [-0.3, -0.25) is 18.6 Å². The maximum absolute atomic E-state index is 12.7. The molecule has 0 aromatic heterocycles. The molecule has 0 aliphatic carbocycles. The van der Waals surface area contributed by atoms with Gasteiger partial charge in [0.05, 0.1) is 13.2 Å². The largest absolute Gasteiger partial charge is 0.472 e. The average molecular weight is 983 g/mol. The van der Waals surface area contributed by atoms with Crippen molar-refractivity contribution in [1.29, 1.82) is 0 Å². The molecule has 0 heterocycles. The molecule has 0 radical (unpaired) electrons. The van der Waals surface area contributed by atoms with Crippen molar-refractivity contribution in [3.8, 4) is 0 Å². The van der Waals surface area contributed by atoms with Crippen LogP contribution in [0.15, 0.2) is 24.3 Å². The van der Waals surface area contributed by atoms with Crippen LogP contribution in [0.25, 0.3) is 0 Å². The second-order valence-corrected chi connectivity index (χ2v) is 21.3. The van der Waals surface area contributed by atoms with E-state index in [1.54, 1.807) is 0 Å². The number of phosphoric ester groups is 1. The van der Waals surface area contributed by atoms with Crippen molar-refractivity contribution < 1.29 is 37.6 Å². The number of allylic oxidation sites excluding steroid dienone is 4. The first-order chi connectivity index (χ1) is 33.3. The van der Waals surface area contributed by atoms with Crippen LogP contribution in [0.1, 0.15) is 303 Å². The van der Waals surface area contributed by atoms with Crippen LogP contribution < -0.4 is 5.73 Å². The van der Waals surface area contributed by atoms with E-state index in [1.807, 2.05) is 0 Å². The van der Waals surface area contributed by atoms with Crippen LogP contribution in [-0.4, -0.2) is 49.3 Å². The Labute approximate surface area is 421 Å². The van der Waals surface area contributed by atoms with Crippen molar-refractivity contribution in [3.63, 3.8) is 0 Å². The van der Waals surface area contributed by atoms with Gasteiger partial charge in [-0.15, -0.1) is 0 Å². The van der Waals surface area contributed by atoms with E-state index in [1.165, 1.54) is 218 Å². The molecule has 0 saturated carbocycles. The SMILES string of the molecule is CCCCCCC/C=C\C/C=C\CCCCCCCCCCCC(=O)OC(COC(=O)CCCCCCCCCCCCCCCCCCCCCCCCCCCC)COP(=O)(O)OCCN.